The summed E-state index contributed by atoms with van der Waals surface area (Å²) in [4.78, 5) is 6.02. The van der Waals surface area contributed by atoms with Crippen molar-refractivity contribution in [3.8, 4) is 5.75 Å². The van der Waals surface area contributed by atoms with E-state index in [2.05, 4.69) is 19.9 Å². The van der Waals surface area contributed by atoms with E-state index in [1.54, 1.807) is 36.3 Å². The average molecular weight is 423 g/mol. The molecule has 0 atom stereocenters. The van der Waals surface area contributed by atoms with Crippen LogP contribution in [0.5, 0.6) is 5.75 Å². The minimum atomic E-state index is -4.68. The van der Waals surface area contributed by atoms with E-state index in [0.717, 1.165) is 27.9 Å². The number of hydrogen-bond acceptors (Lipinski definition) is 6. The monoisotopic (exact) mass is 423 g/mol. The summed E-state index contributed by atoms with van der Waals surface area (Å²) in [6.07, 6.45) is -1.17. The molecule has 1 aromatic carbocycles. The summed E-state index contributed by atoms with van der Waals surface area (Å²) >= 11 is 1.60. The first kappa shape index (κ1) is 21.1. The van der Waals surface area contributed by atoms with Crippen molar-refractivity contribution in [1.82, 2.24) is 24.6 Å². The van der Waals surface area contributed by atoms with E-state index in [1.807, 2.05) is 35.7 Å². The van der Waals surface area contributed by atoms with E-state index in [4.69, 9.17) is 0 Å². The van der Waals surface area contributed by atoms with Crippen molar-refractivity contribution in [3.63, 3.8) is 0 Å². The second-order valence-corrected chi connectivity index (χ2v) is 7.41. The molecule has 154 valence electrons. The van der Waals surface area contributed by atoms with Crippen LogP contribution in [-0.4, -0.2) is 38.1 Å². The third-order valence-corrected chi connectivity index (χ3v) is 5.15. The quantitative estimate of drug-likeness (QED) is 0.510. The van der Waals surface area contributed by atoms with Gasteiger partial charge in [-0.05, 0) is 42.4 Å². The lowest BCUT2D eigenvalue weighted by Crippen LogP contribution is -2.20. The zero-order valence-corrected chi connectivity index (χ0v) is 16.7. The summed E-state index contributed by atoms with van der Waals surface area (Å²) in [6.45, 7) is 1.11. The Morgan fingerprint density at radius 1 is 1.00 bits per heavy atom. The van der Waals surface area contributed by atoms with Crippen LogP contribution < -0.4 is 4.74 Å². The van der Waals surface area contributed by atoms with E-state index < -0.39 is 6.36 Å². The van der Waals surface area contributed by atoms with Crippen LogP contribution in [0.3, 0.4) is 0 Å². The first-order chi connectivity index (χ1) is 13.8. The molecule has 0 saturated heterocycles. The Balaban J connectivity index is 1.54. The zero-order valence-electron chi connectivity index (χ0n) is 15.9. The van der Waals surface area contributed by atoms with Crippen LogP contribution in [-0.2, 0) is 25.9 Å². The Hall–Kier alpha value is -2.59. The van der Waals surface area contributed by atoms with E-state index in [9.17, 15) is 13.2 Å². The van der Waals surface area contributed by atoms with Crippen LogP contribution in [0.15, 0.2) is 53.9 Å². The molecule has 10 heteroatoms. The highest BCUT2D eigenvalue weighted by molar-refractivity contribution is 7.98. The summed E-state index contributed by atoms with van der Waals surface area (Å²) in [6, 6.07) is 9.78. The SMILES string of the molecule is CN(Cc1ccc(OC(F)(F)F)cc1)Cc1nnc(SCc2ccncc2)n1C. The number of nitrogens with zero attached hydrogens (tertiary/aromatic N) is 5. The third-order valence-electron chi connectivity index (χ3n) is 4.06. The summed E-state index contributed by atoms with van der Waals surface area (Å²) < 4.78 is 42.5. The van der Waals surface area contributed by atoms with E-state index in [-0.39, 0.29) is 5.75 Å². The lowest BCUT2D eigenvalue weighted by Gasteiger charge is -2.16. The lowest BCUT2D eigenvalue weighted by molar-refractivity contribution is -0.274. The molecular weight excluding hydrogens is 403 g/mol. The molecule has 0 fully saturated rings. The van der Waals surface area contributed by atoms with Crippen LogP contribution >= 0.6 is 11.8 Å². The lowest BCUT2D eigenvalue weighted by atomic mass is 10.2. The van der Waals surface area contributed by atoms with Crippen LogP contribution in [0.4, 0.5) is 13.2 Å². The van der Waals surface area contributed by atoms with Crippen LogP contribution in [0.2, 0.25) is 0 Å². The summed E-state index contributed by atoms with van der Waals surface area (Å²) in [5.41, 5.74) is 2.03. The minimum absolute atomic E-state index is 0.229. The normalized spacial score (nSPS) is 11.8. The molecule has 0 radical (unpaired) electrons. The zero-order chi connectivity index (χ0) is 20.9. The van der Waals surface area contributed by atoms with Crippen molar-refractivity contribution in [3.05, 3.63) is 65.7 Å². The highest BCUT2D eigenvalue weighted by atomic mass is 32.2. The van der Waals surface area contributed by atoms with Gasteiger partial charge in [-0.1, -0.05) is 23.9 Å². The van der Waals surface area contributed by atoms with Crippen molar-refractivity contribution in [2.75, 3.05) is 7.05 Å². The van der Waals surface area contributed by atoms with Gasteiger partial charge in [0.15, 0.2) is 5.16 Å². The van der Waals surface area contributed by atoms with Crippen LogP contribution in [0, 0.1) is 0 Å². The van der Waals surface area contributed by atoms with Gasteiger partial charge in [0, 0.05) is 31.7 Å². The summed E-state index contributed by atoms with van der Waals surface area (Å²) in [7, 11) is 3.83. The molecule has 0 aliphatic carbocycles. The number of alkyl halides is 3. The molecule has 3 rings (SSSR count). The fraction of sp³-hybridized carbons (Fsp3) is 0.316. The van der Waals surface area contributed by atoms with Gasteiger partial charge in [0.25, 0.3) is 0 Å². The van der Waals surface area contributed by atoms with E-state index in [1.165, 1.54) is 12.1 Å². The minimum Gasteiger partial charge on any atom is -0.406 e. The molecule has 6 nitrogen and oxygen atoms in total. The molecule has 0 spiro atoms. The third kappa shape index (κ3) is 6.47. The number of halogens is 3. The number of rotatable bonds is 8. The summed E-state index contributed by atoms with van der Waals surface area (Å²) in [5.74, 6) is 1.35. The van der Waals surface area contributed by atoms with Gasteiger partial charge in [-0.25, -0.2) is 0 Å². The second-order valence-electron chi connectivity index (χ2n) is 6.47. The predicted octanol–water partition coefficient (Wildman–Crippen LogP) is 4.03. The Labute approximate surface area is 170 Å². The fourth-order valence-corrected chi connectivity index (χ4v) is 3.53. The van der Waals surface area contributed by atoms with Gasteiger partial charge in [0.1, 0.15) is 11.6 Å². The fourth-order valence-electron chi connectivity index (χ4n) is 2.64. The molecule has 0 bridgehead atoms. The molecule has 3 aromatic rings. The van der Waals surface area contributed by atoms with Crippen molar-refractivity contribution >= 4 is 11.8 Å². The van der Waals surface area contributed by atoms with Gasteiger partial charge in [-0.2, -0.15) is 0 Å². The van der Waals surface area contributed by atoms with E-state index in [0.29, 0.717) is 13.1 Å². The Morgan fingerprint density at radius 2 is 1.69 bits per heavy atom. The molecule has 0 aliphatic heterocycles. The van der Waals surface area contributed by atoms with Crippen LogP contribution in [0.1, 0.15) is 17.0 Å². The van der Waals surface area contributed by atoms with Crippen molar-refractivity contribution in [2.45, 2.75) is 30.4 Å². The van der Waals surface area contributed by atoms with Gasteiger partial charge in [-0.3, -0.25) is 9.88 Å². The molecule has 0 aliphatic rings. The standard InChI is InChI=1S/C19H20F3N5OS/c1-26(11-14-3-5-16(6-4-14)28-19(20,21)22)12-17-24-25-18(27(17)2)29-13-15-7-9-23-10-8-15/h3-10H,11-13H2,1-2H3. The maximum atomic E-state index is 12.2. The first-order valence-corrected chi connectivity index (χ1v) is 9.72. The van der Waals surface area contributed by atoms with Crippen LogP contribution in [0.25, 0.3) is 0 Å². The number of aromatic nitrogens is 4. The van der Waals surface area contributed by atoms with Gasteiger partial charge >= 0.3 is 6.36 Å². The highest BCUT2D eigenvalue weighted by Gasteiger charge is 2.30. The topological polar surface area (TPSA) is 56.1 Å². The van der Waals surface area contributed by atoms with Crippen molar-refractivity contribution in [2.24, 2.45) is 7.05 Å². The van der Waals surface area contributed by atoms with Gasteiger partial charge in [-0.15, -0.1) is 23.4 Å². The molecule has 0 amide bonds. The smallest absolute Gasteiger partial charge is 0.406 e. The van der Waals surface area contributed by atoms with Crippen molar-refractivity contribution in [1.29, 1.82) is 0 Å². The second kappa shape index (κ2) is 9.27. The molecule has 0 saturated carbocycles. The molecule has 2 aromatic heterocycles. The Kier molecular flexibility index (Phi) is 6.75. The van der Waals surface area contributed by atoms with Gasteiger partial charge < -0.3 is 9.30 Å². The molecule has 29 heavy (non-hydrogen) atoms. The maximum Gasteiger partial charge on any atom is 0.573 e. The molecule has 0 N–H and O–H groups in total. The average Bonchev–Trinajstić information content (AvgIpc) is 3.01. The largest absolute Gasteiger partial charge is 0.573 e. The highest BCUT2D eigenvalue weighted by Crippen LogP contribution is 2.24. The van der Waals surface area contributed by atoms with Gasteiger partial charge in [0.2, 0.25) is 0 Å². The maximum absolute atomic E-state index is 12.2. The number of ether oxygens (including phenoxy) is 1. The first-order valence-electron chi connectivity index (χ1n) is 8.73. The van der Waals surface area contributed by atoms with Gasteiger partial charge in [0.05, 0.1) is 6.54 Å². The van der Waals surface area contributed by atoms with Crippen molar-refractivity contribution < 1.29 is 17.9 Å². The molecule has 2 heterocycles. The Bertz CT molecular complexity index is 916. The number of thioether (sulfide) groups is 1. The summed E-state index contributed by atoms with van der Waals surface area (Å²) in [5, 5.41) is 9.32. The predicted molar refractivity (Wildman–Crippen MR) is 103 cm³/mol. The number of hydrogen-bond donors (Lipinski definition) is 0. The molecule has 0 unspecified atom stereocenters. The Morgan fingerprint density at radius 3 is 2.34 bits per heavy atom. The van der Waals surface area contributed by atoms with E-state index >= 15 is 0 Å². The number of benzene rings is 1. The number of pyridine rings is 1. The molecular formula is C19H20F3N5OS.